The van der Waals surface area contributed by atoms with Gasteiger partial charge in [-0.15, -0.1) is 0 Å². The molecule has 8 aromatic rings. The van der Waals surface area contributed by atoms with E-state index >= 15 is 0 Å². The number of nitrogens with one attached hydrogen (secondary N) is 3. The van der Waals surface area contributed by atoms with Crippen LogP contribution in [0.5, 0.6) is 0 Å². The van der Waals surface area contributed by atoms with Crippen LogP contribution in [-0.4, -0.2) is 79.9 Å². The molecule has 0 atom stereocenters. The van der Waals surface area contributed by atoms with Gasteiger partial charge in [0, 0.05) is 60.0 Å². The van der Waals surface area contributed by atoms with Crippen LogP contribution < -0.4 is 21.7 Å². The fraction of sp³-hybridized carbons (Fsp3) is 0.333. The zero-order valence-corrected chi connectivity index (χ0v) is 46.7. The lowest BCUT2D eigenvalue weighted by Crippen LogP contribution is -2.28. The number of ether oxygens (including phenoxy) is 2. The lowest BCUT2D eigenvalue weighted by Gasteiger charge is -2.20. The average molecular weight is 1100 g/mol. The predicted octanol–water partition coefficient (Wildman–Crippen LogP) is 12.0. The Morgan fingerprint density at radius 3 is 1.44 bits per heavy atom. The molecule has 3 amide bonds. The van der Waals surface area contributed by atoms with Crippen molar-refractivity contribution in [2.45, 2.75) is 128 Å². The van der Waals surface area contributed by atoms with E-state index in [1.807, 2.05) is 104 Å². The number of aryl methyl sites for hydroxylation is 6. The van der Waals surface area contributed by atoms with Crippen LogP contribution in [0.25, 0.3) is 21.8 Å². The number of benzene rings is 2. The van der Waals surface area contributed by atoms with Gasteiger partial charge in [0.1, 0.15) is 28.4 Å². The molecule has 19 nitrogen and oxygen atoms in total. The van der Waals surface area contributed by atoms with Crippen LogP contribution in [0.15, 0.2) is 85.5 Å². The van der Waals surface area contributed by atoms with Crippen molar-refractivity contribution in [3.8, 4) is 0 Å². The lowest BCUT2D eigenvalue weighted by molar-refractivity contribution is 0.0624. The Kier molecular flexibility index (Phi) is 20.2. The number of carboxylic acids is 1. The number of amides is 3. The van der Waals surface area contributed by atoms with Gasteiger partial charge >= 0.3 is 18.2 Å². The van der Waals surface area contributed by atoms with Crippen molar-refractivity contribution >= 4 is 80.7 Å². The Morgan fingerprint density at radius 2 is 1.04 bits per heavy atom. The molecule has 0 spiro atoms. The molecular weight excluding hydrogens is 1040 g/mol. The van der Waals surface area contributed by atoms with E-state index in [-0.39, 0.29) is 18.9 Å². The van der Waals surface area contributed by atoms with Crippen LogP contribution in [0.3, 0.4) is 0 Å². The summed E-state index contributed by atoms with van der Waals surface area (Å²) in [6.07, 6.45) is 5.45. The van der Waals surface area contributed by atoms with E-state index in [0.717, 1.165) is 60.9 Å². The third kappa shape index (κ3) is 17.3. The van der Waals surface area contributed by atoms with Crippen molar-refractivity contribution in [2.24, 2.45) is 5.73 Å². The topological polar surface area (TPSA) is 256 Å². The molecule has 21 heteroatoms. The molecule has 6 N–H and O–H groups in total. The number of carbonyl (C=O) groups is 4. The number of hydrogen-bond donors (Lipinski definition) is 5. The van der Waals surface area contributed by atoms with Crippen LogP contribution >= 0.6 is 23.2 Å². The number of hydrogen-bond acceptors (Lipinski definition) is 13. The number of aromatic nitrogens is 8. The summed E-state index contributed by atoms with van der Waals surface area (Å²) in [6, 6.07) is 19.1. The molecule has 0 aliphatic carbocycles. The smallest absolute Gasteiger partial charge is 0.413 e. The van der Waals surface area contributed by atoms with Gasteiger partial charge in [-0.2, -0.15) is 10.2 Å². The molecular formula is C57H68Cl2N12O7. The van der Waals surface area contributed by atoms with Crippen LogP contribution in [0.2, 0.25) is 10.0 Å². The highest BCUT2D eigenvalue weighted by Gasteiger charge is 2.20. The molecule has 0 aliphatic rings. The Morgan fingerprint density at radius 1 is 0.615 bits per heavy atom. The first-order valence-corrected chi connectivity index (χ1v) is 25.2. The third-order valence-electron chi connectivity index (χ3n) is 11.5. The molecule has 0 fully saturated rings. The Labute approximate surface area is 464 Å². The van der Waals surface area contributed by atoms with Gasteiger partial charge in [-0.1, -0.05) is 42.8 Å². The molecule has 78 heavy (non-hydrogen) atoms. The van der Waals surface area contributed by atoms with Crippen molar-refractivity contribution < 1.29 is 33.8 Å². The van der Waals surface area contributed by atoms with E-state index < -0.39 is 29.4 Å². The number of fused-ring (bicyclic) bond motifs is 2. The van der Waals surface area contributed by atoms with Crippen molar-refractivity contribution in [2.75, 3.05) is 10.6 Å². The minimum Gasteiger partial charge on any atom is -0.478 e. The molecule has 8 rings (SSSR count). The number of halogens is 2. The van der Waals surface area contributed by atoms with Crippen molar-refractivity contribution in [1.82, 2.24) is 44.8 Å². The highest BCUT2D eigenvalue weighted by Crippen LogP contribution is 2.23. The van der Waals surface area contributed by atoms with Crippen LogP contribution in [0, 0.1) is 41.5 Å². The monoisotopic (exact) mass is 1100 g/mol. The van der Waals surface area contributed by atoms with Crippen LogP contribution in [0.1, 0.15) is 126 Å². The Bertz CT molecular complexity index is 3440. The summed E-state index contributed by atoms with van der Waals surface area (Å²) in [6.45, 7) is 23.6. The van der Waals surface area contributed by atoms with Gasteiger partial charge in [-0.3, -0.25) is 34.8 Å². The maximum Gasteiger partial charge on any atom is 0.413 e. The third-order valence-corrected chi connectivity index (χ3v) is 11.9. The van der Waals surface area contributed by atoms with Crippen LogP contribution in [0.4, 0.5) is 21.2 Å². The first kappa shape index (κ1) is 60.9. The normalized spacial score (nSPS) is 11.1. The standard InChI is InChI=1S/C28H31ClN6O3.C15H12ClN3O2.C13H21N3O2.CH4/c1-16-9-25(33-27(37)38-28(4,5)6)32-17(2)22(16)13-31-26(36)23-15-35(34-18(23)3)14-19-7-8-24-20(10-19)11-21(29)12-30-24;1-9-13(15(20)21)8-19(18-9)7-10-2-3-14-11(4-10)5-12(16)6-17-14;1-8-6-11(15-9(2)10(8)7-14)16-12(17)18-13(3,4)5;/h7-12,15H,13-14H2,1-6H3,(H,31,36)(H,32,33,37);2-6,8H,7H2,1H3,(H,20,21);6H,7,14H2,1-5H3,(H,15,16,17);1H4. The van der Waals surface area contributed by atoms with E-state index in [1.54, 1.807) is 67.8 Å². The molecule has 412 valence electrons. The lowest BCUT2D eigenvalue weighted by atomic mass is 10.1. The predicted molar refractivity (Wildman–Crippen MR) is 306 cm³/mol. The second kappa shape index (κ2) is 25.9. The number of anilines is 2. The van der Waals surface area contributed by atoms with E-state index in [0.29, 0.717) is 70.5 Å². The number of carbonyl (C=O) groups excluding carboxylic acids is 3. The van der Waals surface area contributed by atoms with Gasteiger partial charge in [0.05, 0.1) is 51.1 Å². The van der Waals surface area contributed by atoms with Crippen LogP contribution in [-0.2, 0) is 35.7 Å². The highest BCUT2D eigenvalue weighted by molar-refractivity contribution is 6.31. The van der Waals surface area contributed by atoms with Gasteiger partial charge in [0.2, 0.25) is 0 Å². The average Bonchev–Trinajstić information content (AvgIpc) is 3.89. The summed E-state index contributed by atoms with van der Waals surface area (Å²) in [4.78, 5) is 65.0. The van der Waals surface area contributed by atoms with E-state index in [9.17, 15) is 19.2 Å². The Balaban J connectivity index is 0.000000236. The molecule has 0 radical (unpaired) electrons. The molecule has 0 saturated heterocycles. The molecule has 6 heterocycles. The first-order chi connectivity index (χ1) is 36.1. The maximum atomic E-state index is 13.0. The number of nitrogens with two attached hydrogens (primary N) is 1. The summed E-state index contributed by atoms with van der Waals surface area (Å²) in [5.41, 5.74) is 15.4. The molecule has 0 saturated carbocycles. The molecule has 2 aromatic carbocycles. The number of aromatic carboxylic acids is 1. The summed E-state index contributed by atoms with van der Waals surface area (Å²) in [7, 11) is 0. The van der Waals surface area contributed by atoms with Gasteiger partial charge in [0.25, 0.3) is 5.91 Å². The van der Waals surface area contributed by atoms with Crippen molar-refractivity contribution in [3.05, 3.63) is 163 Å². The Hall–Kier alpha value is -8.00. The van der Waals surface area contributed by atoms with E-state index in [2.05, 4.69) is 46.1 Å². The fourth-order valence-electron chi connectivity index (χ4n) is 8.01. The van der Waals surface area contributed by atoms with Crippen molar-refractivity contribution in [3.63, 3.8) is 0 Å². The summed E-state index contributed by atoms with van der Waals surface area (Å²) in [5, 5.41) is 29.1. The summed E-state index contributed by atoms with van der Waals surface area (Å²) in [5.74, 6) is -0.309. The fourth-order valence-corrected chi connectivity index (χ4v) is 8.34. The minimum absolute atomic E-state index is 0. The zero-order chi connectivity index (χ0) is 56.5. The van der Waals surface area contributed by atoms with Gasteiger partial charge < -0.3 is 25.6 Å². The maximum absolute atomic E-state index is 13.0. The molecule has 0 aliphatic heterocycles. The first-order valence-electron chi connectivity index (χ1n) is 24.5. The number of pyridine rings is 4. The number of nitrogens with zero attached hydrogens (tertiary/aromatic N) is 8. The highest BCUT2D eigenvalue weighted by atomic mass is 35.5. The molecule has 0 unspecified atom stereocenters. The molecule has 0 bridgehead atoms. The summed E-state index contributed by atoms with van der Waals surface area (Å²) < 4.78 is 13.8. The van der Waals surface area contributed by atoms with Crippen molar-refractivity contribution in [1.29, 1.82) is 0 Å². The quantitative estimate of drug-likeness (QED) is 0.0807. The SMILES string of the molecule is C.Cc1cc(NC(=O)OC(C)(C)C)nc(C)c1CN.Cc1cc(NC(=O)OC(C)(C)C)nc(C)c1CNC(=O)c1cn(Cc2ccc3ncc(Cl)cc3c2)nc1C.Cc1nn(Cc2ccc3ncc(Cl)cc3c2)cc1C(=O)O. The zero-order valence-electron chi connectivity index (χ0n) is 45.2. The van der Waals surface area contributed by atoms with Gasteiger partial charge in [0.15, 0.2) is 0 Å². The van der Waals surface area contributed by atoms with E-state index in [1.165, 1.54) is 6.20 Å². The van der Waals surface area contributed by atoms with E-state index in [4.69, 9.17) is 43.5 Å². The number of rotatable bonds is 11. The summed E-state index contributed by atoms with van der Waals surface area (Å²) >= 11 is 12.0. The second-order valence-corrected chi connectivity index (χ2v) is 21.1. The largest absolute Gasteiger partial charge is 0.478 e. The minimum atomic E-state index is -0.965. The number of carboxylic acid groups (broad SMARTS) is 1. The second-order valence-electron chi connectivity index (χ2n) is 20.2. The van der Waals surface area contributed by atoms with Gasteiger partial charge in [-0.25, -0.2) is 24.4 Å². The molecule has 6 aromatic heterocycles. The van der Waals surface area contributed by atoms with Gasteiger partial charge in [-0.05, 0) is 165 Å².